The lowest BCUT2D eigenvalue weighted by atomic mass is 9.97. The minimum atomic E-state index is 0.558. The second-order valence-electron chi connectivity index (χ2n) is 8.96. The Labute approximate surface area is 221 Å². The second kappa shape index (κ2) is 13.7. The lowest BCUT2D eigenvalue weighted by Gasteiger charge is -2.10. The second-order valence-corrected chi connectivity index (χ2v) is 8.96. The molecule has 2 heteroatoms. The van der Waals surface area contributed by atoms with Gasteiger partial charge in [0.05, 0.1) is 12.3 Å². The van der Waals surface area contributed by atoms with E-state index in [1.807, 2.05) is 32.1 Å². The van der Waals surface area contributed by atoms with Gasteiger partial charge in [-0.2, -0.15) is 0 Å². The van der Waals surface area contributed by atoms with Crippen LogP contribution < -0.4 is 0 Å². The monoisotopic (exact) mass is 484 g/mol. The Morgan fingerprint density at radius 3 is 2.32 bits per heavy atom. The fraction of sp³-hybridized carbons (Fsp3) is 0.143. The number of rotatable bonds is 11. The van der Waals surface area contributed by atoms with Crippen molar-refractivity contribution in [2.24, 2.45) is 9.98 Å². The molecular weight excluding hydrogens is 448 g/mol. The molecule has 0 aliphatic carbocycles. The third-order valence-corrected chi connectivity index (χ3v) is 6.10. The molecule has 0 fully saturated rings. The number of allylic oxidation sites excluding steroid dienone is 12. The molecule has 0 saturated carbocycles. The van der Waals surface area contributed by atoms with Crippen LogP contribution in [-0.4, -0.2) is 12.4 Å². The first-order valence-electron chi connectivity index (χ1n) is 12.5. The molecule has 186 valence electrons. The molecule has 3 aromatic rings. The van der Waals surface area contributed by atoms with E-state index in [9.17, 15) is 0 Å². The van der Waals surface area contributed by atoms with Gasteiger partial charge in [0.1, 0.15) is 0 Å². The van der Waals surface area contributed by atoms with Crippen molar-refractivity contribution in [3.63, 3.8) is 0 Å². The van der Waals surface area contributed by atoms with Gasteiger partial charge in [-0.1, -0.05) is 110 Å². The Bertz CT molecular complexity index is 1490. The topological polar surface area (TPSA) is 24.7 Å². The van der Waals surface area contributed by atoms with Crippen LogP contribution in [-0.2, 0) is 6.54 Å². The standard InChI is InChI=1S/C35H36N2/c1-7-9-10-15-26(3)22-27(4)20-21-29(8-2)35(23-28(5)36-6)37-25-31-24-30-16-11-12-17-32(30)34-19-14-13-18-33(31)34/h7-14,16-24H,1,4,6,15,25H2,2-3,5H3/b10-9-,21-20+,26-22-,28-23-,29-8+,37-35?. The van der Waals surface area contributed by atoms with Gasteiger partial charge >= 0.3 is 0 Å². The number of benzene rings is 3. The summed E-state index contributed by atoms with van der Waals surface area (Å²) >= 11 is 0. The predicted octanol–water partition coefficient (Wildman–Crippen LogP) is 9.68. The van der Waals surface area contributed by atoms with Crippen molar-refractivity contribution in [1.82, 2.24) is 0 Å². The summed E-state index contributed by atoms with van der Waals surface area (Å²) in [6, 6.07) is 19.3. The van der Waals surface area contributed by atoms with E-state index in [4.69, 9.17) is 4.99 Å². The molecule has 37 heavy (non-hydrogen) atoms. The lowest BCUT2D eigenvalue weighted by Crippen LogP contribution is -2.00. The number of aliphatic imine (C=N–C) groups is 2. The summed E-state index contributed by atoms with van der Waals surface area (Å²) in [5.74, 6) is 0. The molecule has 0 atom stereocenters. The first-order valence-corrected chi connectivity index (χ1v) is 12.5. The minimum Gasteiger partial charge on any atom is -0.280 e. The summed E-state index contributed by atoms with van der Waals surface area (Å²) in [5.41, 5.74) is 6.05. The van der Waals surface area contributed by atoms with Crippen molar-refractivity contribution in [3.8, 4) is 0 Å². The van der Waals surface area contributed by atoms with Gasteiger partial charge < -0.3 is 0 Å². The van der Waals surface area contributed by atoms with Crippen LogP contribution in [0.5, 0.6) is 0 Å². The molecule has 0 saturated heterocycles. The SMILES string of the molecule is C=C/C=C\C/C(C)=C\C(=C)/C=C/C(=C\C)C(/C=C(/C)N=C)=NCc1cc2ccccc2c2ccccc12. The van der Waals surface area contributed by atoms with Gasteiger partial charge in [0.25, 0.3) is 0 Å². The summed E-state index contributed by atoms with van der Waals surface area (Å²) in [6.45, 7) is 18.2. The molecule has 0 aliphatic rings. The van der Waals surface area contributed by atoms with E-state index in [1.54, 1.807) is 6.08 Å². The fourth-order valence-corrected chi connectivity index (χ4v) is 4.20. The van der Waals surface area contributed by atoms with Crippen molar-refractivity contribution in [2.75, 3.05) is 0 Å². The van der Waals surface area contributed by atoms with E-state index in [1.165, 1.54) is 32.7 Å². The van der Waals surface area contributed by atoms with Gasteiger partial charge in [-0.25, -0.2) is 0 Å². The maximum atomic E-state index is 5.07. The van der Waals surface area contributed by atoms with Crippen molar-refractivity contribution < 1.29 is 0 Å². The molecule has 3 aromatic carbocycles. The molecule has 0 spiro atoms. The Morgan fingerprint density at radius 2 is 1.62 bits per heavy atom. The molecule has 0 amide bonds. The Hall–Kier alpha value is -4.30. The zero-order valence-corrected chi connectivity index (χ0v) is 22.2. The summed E-state index contributed by atoms with van der Waals surface area (Å²) in [4.78, 5) is 9.17. The van der Waals surface area contributed by atoms with Gasteiger partial charge in [0.2, 0.25) is 0 Å². The average molecular weight is 485 g/mol. The van der Waals surface area contributed by atoms with E-state index in [0.29, 0.717) is 6.54 Å². The first-order chi connectivity index (χ1) is 18.0. The third-order valence-electron chi connectivity index (χ3n) is 6.10. The summed E-state index contributed by atoms with van der Waals surface area (Å²) in [6.07, 6.45) is 16.9. The van der Waals surface area contributed by atoms with Gasteiger partial charge in [0, 0.05) is 5.70 Å². The van der Waals surface area contributed by atoms with Gasteiger partial charge in [-0.05, 0) is 84.3 Å². The van der Waals surface area contributed by atoms with Crippen LogP contribution in [0.2, 0.25) is 0 Å². The van der Waals surface area contributed by atoms with Crippen LogP contribution in [0.3, 0.4) is 0 Å². The molecule has 0 heterocycles. The Balaban J connectivity index is 1.96. The molecular formula is C35H36N2. The highest BCUT2D eigenvalue weighted by molar-refractivity contribution is 6.11. The molecule has 2 nitrogen and oxygen atoms in total. The van der Waals surface area contributed by atoms with E-state index < -0.39 is 0 Å². The zero-order chi connectivity index (χ0) is 26.6. The Morgan fingerprint density at radius 1 is 0.919 bits per heavy atom. The molecule has 0 radical (unpaired) electrons. The largest absolute Gasteiger partial charge is 0.280 e. The van der Waals surface area contributed by atoms with Crippen molar-refractivity contribution in [2.45, 2.75) is 33.7 Å². The fourth-order valence-electron chi connectivity index (χ4n) is 4.20. The molecule has 0 aliphatic heterocycles. The smallest absolute Gasteiger partial charge is 0.0665 e. The lowest BCUT2D eigenvalue weighted by molar-refractivity contribution is 1.09. The molecule has 0 bridgehead atoms. The van der Waals surface area contributed by atoms with Crippen molar-refractivity contribution in [1.29, 1.82) is 0 Å². The van der Waals surface area contributed by atoms with Crippen LogP contribution in [0.15, 0.2) is 149 Å². The highest BCUT2D eigenvalue weighted by Crippen LogP contribution is 2.29. The molecule has 0 unspecified atom stereocenters. The first kappa shape index (κ1) is 27.3. The third kappa shape index (κ3) is 7.59. The highest BCUT2D eigenvalue weighted by atomic mass is 14.7. The summed E-state index contributed by atoms with van der Waals surface area (Å²) < 4.78 is 0. The molecule has 0 N–H and O–H groups in total. The molecule has 0 aromatic heterocycles. The number of hydrogen-bond acceptors (Lipinski definition) is 2. The van der Waals surface area contributed by atoms with Gasteiger partial charge in [-0.15, -0.1) is 0 Å². The summed E-state index contributed by atoms with van der Waals surface area (Å²) in [7, 11) is 0. The maximum Gasteiger partial charge on any atom is 0.0665 e. The van der Waals surface area contributed by atoms with Gasteiger partial charge in [-0.3, -0.25) is 9.98 Å². The highest BCUT2D eigenvalue weighted by Gasteiger charge is 2.07. The van der Waals surface area contributed by atoms with E-state index in [2.05, 4.69) is 111 Å². The zero-order valence-electron chi connectivity index (χ0n) is 22.2. The van der Waals surface area contributed by atoms with Crippen LogP contribution in [0.4, 0.5) is 0 Å². The average Bonchev–Trinajstić information content (AvgIpc) is 2.91. The van der Waals surface area contributed by atoms with Gasteiger partial charge in [0.15, 0.2) is 0 Å². The van der Waals surface area contributed by atoms with E-state index >= 15 is 0 Å². The number of hydrogen-bond donors (Lipinski definition) is 0. The number of fused-ring (bicyclic) bond motifs is 3. The van der Waals surface area contributed by atoms with Crippen LogP contribution in [0.1, 0.15) is 32.8 Å². The minimum absolute atomic E-state index is 0.558. The maximum absolute atomic E-state index is 5.07. The quantitative estimate of drug-likeness (QED) is 0.147. The van der Waals surface area contributed by atoms with Crippen LogP contribution in [0, 0.1) is 0 Å². The number of nitrogens with zero attached hydrogens (tertiary/aromatic N) is 2. The summed E-state index contributed by atoms with van der Waals surface area (Å²) in [5, 5.41) is 4.96. The Kier molecular flexibility index (Phi) is 10.1. The van der Waals surface area contributed by atoms with E-state index in [-0.39, 0.29) is 0 Å². The van der Waals surface area contributed by atoms with E-state index in [0.717, 1.165) is 29.0 Å². The van der Waals surface area contributed by atoms with Crippen LogP contribution in [0.25, 0.3) is 21.5 Å². The van der Waals surface area contributed by atoms with Crippen LogP contribution >= 0.6 is 0 Å². The van der Waals surface area contributed by atoms with Crippen molar-refractivity contribution in [3.05, 3.63) is 144 Å². The normalized spacial score (nSPS) is 13.7. The molecule has 3 rings (SSSR count). The van der Waals surface area contributed by atoms with Crippen molar-refractivity contribution >= 4 is 34.0 Å². The predicted molar refractivity (Wildman–Crippen MR) is 166 cm³/mol.